The lowest BCUT2D eigenvalue weighted by Crippen LogP contribution is -3.00. The summed E-state index contributed by atoms with van der Waals surface area (Å²) in [5, 5.41) is 0. The van der Waals surface area contributed by atoms with Crippen LogP contribution < -0.4 is 17.0 Å². The lowest BCUT2D eigenvalue weighted by Gasteiger charge is -2.40. The van der Waals surface area contributed by atoms with Gasteiger partial charge in [0, 0.05) is 6.42 Å². The fourth-order valence-electron chi connectivity index (χ4n) is 4.53. The zero-order valence-corrected chi connectivity index (χ0v) is 21.0. The van der Waals surface area contributed by atoms with Crippen LogP contribution in [0.3, 0.4) is 0 Å². The summed E-state index contributed by atoms with van der Waals surface area (Å²) >= 11 is 0. The molecule has 166 valence electrons. The van der Waals surface area contributed by atoms with Gasteiger partial charge in [-0.2, -0.15) is 0 Å². The van der Waals surface area contributed by atoms with E-state index in [9.17, 15) is 0 Å². The molecule has 1 saturated heterocycles. The van der Waals surface area contributed by atoms with Gasteiger partial charge in [0.25, 0.3) is 0 Å². The summed E-state index contributed by atoms with van der Waals surface area (Å²) in [6, 6.07) is 0. The van der Waals surface area contributed by atoms with E-state index < -0.39 is 0 Å². The smallest absolute Gasteiger partial charge is 0.140 e. The van der Waals surface area contributed by atoms with E-state index in [-0.39, 0.29) is 17.0 Å². The molecule has 0 unspecified atom stereocenters. The van der Waals surface area contributed by atoms with Gasteiger partial charge in [-0.1, -0.05) is 90.4 Å². The van der Waals surface area contributed by atoms with Gasteiger partial charge in [-0.05, 0) is 44.4 Å². The van der Waals surface area contributed by atoms with Crippen LogP contribution in [0, 0.1) is 11.8 Å². The van der Waals surface area contributed by atoms with Crippen LogP contribution in [0.25, 0.3) is 0 Å². The number of halogens is 1. The van der Waals surface area contributed by atoms with Gasteiger partial charge in [0.15, 0.2) is 0 Å². The van der Waals surface area contributed by atoms with Crippen molar-refractivity contribution in [2.24, 2.45) is 0 Å². The first kappa shape index (κ1) is 28.0. The molecule has 1 fully saturated rings. The number of nitrogens with zero attached hydrogens (tertiary/aromatic N) is 1. The topological polar surface area (TPSA) is 0 Å². The molecule has 0 aromatic heterocycles. The summed E-state index contributed by atoms with van der Waals surface area (Å²) in [7, 11) is 0. The molecule has 0 aliphatic carbocycles. The Bertz CT molecular complexity index is 376. The Morgan fingerprint density at radius 2 is 1.07 bits per heavy atom. The fraction of sp³-hybridized carbons (Fsp3) is 0.923. The maximum Gasteiger partial charge on any atom is 0.140 e. The molecule has 1 aliphatic rings. The second kappa shape index (κ2) is 20.3. The predicted octanol–water partition coefficient (Wildman–Crippen LogP) is 4.89. The standard InChI is InChI=1S/C26H50N.BrH/c1-3-5-7-9-11-13-15-17-20-24-27(25-21-18-22-26-27)23-19-16-14-12-10-8-6-4-2;/h3-16,18-19,21-26H2,1-2H3;1H/q+1;/p-1. The Morgan fingerprint density at radius 3 is 1.64 bits per heavy atom. The first-order chi connectivity index (χ1) is 13.3. The van der Waals surface area contributed by atoms with Gasteiger partial charge in [-0.15, -0.1) is 0 Å². The molecule has 0 atom stereocenters. The quantitative estimate of drug-likeness (QED) is 0.176. The number of piperidine rings is 1. The van der Waals surface area contributed by atoms with Crippen molar-refractivity contribution in [2.45, 2.75) is 129 Å². The van der Waals surface area contributed by atoms with Crippen molar-refractivity contribution >= 4 is 0 Å². The highest BCUT2D eigenvalue weighted by molar-refractivity contribution is 4.99. The Balaban J connectivity index is 0.00000729. The van der Waals surface area contributed by atoms with Crippen molar-refractivity contribution < 1.29 is 21.5 Å². The van der Waals surface area contributed by atoms with E-state index in [0.29, 0.717) is 0 Å². The Labute approximate surface area is 188 Å². The molecule has 0 aromatic carbocycles. The zero-order valence-electron chi connectivity index (χ0n) is 19.4. The van der Waals surface area contributed by atoms with Crippen molar-refractivity contribution in [3.05, 3.63) is 0 Å². The lowest BCUT2D eigenvalue weighted by atomic mass is 10.0. The van der Waals surface area contributed by atoms with Crippen LogP contribution in [-0.2, 0) is 0 Å². The average Bonchev–Trinajstić information content (AvgIpc) is 2.69. The van der Waals surface area contributed by atoms with Crippen molar-refractivity contribution in [3.63, 3.8) is 0 Å². The van der Waals surface area contributed by atoms with E-state index >= 15 is 0 Å². The van der Waals surface area contributed by atoms with E-state index in [2.05, 4.69) is 25.7 Å². The highest BCUT2D eigenvalue weighted by Gasteiger charge is 2.28. The minimum Gasteiger partial charge on any atom is -1.00 e. The van der Waals surface area contributed by atoms with E-state index in [1.165, 1.54) is 133 Å². The Hall–Kier alpha value is 0. The Kier molecular flexibility index (Phi) is 20.3. The molecule has 1 aliphatic heterocycles. The number of likely N-dealkylation sites (tertiary alicyclic amines) is 1. The first-order valence-corrected chi connectivity index (χ1v) is 12.6. The van der Waals surface area contributed by atoms with Gasteiger partial charge in [-0.3, -0.25) is 0 Å². The highest BCUT2D eigenvalue weighted by atomic mass is 79.9. The van der Waals surface area contributed by atoms with Crippen molar-refractivity contribution in [3.8, 4) is 11.8 Å². The van der Waals surface area contributed by atoms with E-state index in [1.54, 1.807) is 0 Å². The van der Waals surface area contributed by atoms with Crippen LogP contribution in [-0.4, -0.2) is 30.7 Å². The molecule has 28 heavy (non-hydrogen) atoms. The third-order valence-electron chi connectivity index (χ3n) is 6.45. The molecule has 0 N–H and O–H groups in total. The van der Waals surface area contributed by atoms with E-state index in [0.717, 1.165) is 13.0 Å². The summed E-state index contributed by atoms with van der Waals surface area (Å²) in [4.78, 5) is 0. The van der Waals surface area contributed by atoms with Gasteiger partial charge in [0.1, 0.15) is 6.54 Å². The third-order valence-corrected chi connectivity index (χ3v) is 6.45. The number of quaternary nitrogens is 1. The lowest BCUT2D eigenvalue weighted by molar-refractivity contribution is -0.926. The SMILES string of the molecule is CCCCCCCCC#CC[N+]1(CCCCCCCCCC)CCCCC1.[Br-]. The van der Waals surface area contributed by atoms with Crippen molar-refractivity contribution in [1.82, 2.24) is 0 Å². The Morgan fingerprint density at radius 1 is 0.571 bits per heavy atom. The van der Waals surface area contributed by atoms with Crippen LogP contribution in [0.1, 0.15) is 129 Å². The maximum atomic E-state index is 3.60. The molecular formula is C26H50BrN. The first-order valence-electron chi connectivity index (χ1n) is 12.6. The third kappa shape index (κ3) is 14.9. The van der Waals surface area contributed by atoms with Gasteiger partial charge < -0.3 is 21.5 Å². The number of hydrogen-bond donors (Lipinski definition) is 0. The van der Waals surface area contributed by atoms with Gasteiger partial charge in [-0.25, -0.2) is 0 Å². The monoisotopic (exact) mass is 455 g/mol. The second-order valence-corrected chi connectivity index (χ2v) is 9.08. The van der Waals surface area contributed by atoms with Gasteiger partial charge >= 0.3 is 0 Å². The van der Waals surface area contributed by atoms with Gasteiger partial charge in [0.2, 0.25) is 0 Å². The zero-order chi connectivity index (χ0) is 19.5. The van der Waals surface area contributed by atoms with Gasteiger partial charge in [0.05, 0.1) is 19.6 Å². The maximum absolute atomic E-state index is 3.60. The van der Waals surface area contributed by atoms with Crippen LogP contribution >= 0.6 is 0 Å². The fourth-order valence-corrected chi connectivity index (χ4v) is 4.53. The molecule has 0 amide bonds. The van der Waals surface area contributed by atoms with Crippen molar-refractivity contribution in [2.75, 3.05) is 26.2 Å². The summed E-state index contributed by atoms with van der Waals surface area (Å²) < 4.78 is 1.32. The summed E-state index contributed by atoms with van der Waals surface area (Å²) in [6.45, 7) is 9.90. The normalized spacial score (nSPS) is 15.5. The number of hydrogen-bond acceptors (Lipinski definition) is 0. The van der Waals surface area contributed by atoms with Crippen LogP contribution in [0.2, 0.25) is 0 Å². The minimum absolute atomic E-state index is 0. The van der Waals surface area contributed by atoms with Crippen LogP contribution in [0.15, 0.2) is 0 Å². The predicted molar refractivity (Wildman–Crippen MR) is 122 cm³/mol. The number of rotatable bonds is 16. The molecule has 0 saturated carbocycles. The van der Waals surface area contributed by atoms with E-state index in [4.69, 9.17) is 0 Å². The van der Waals surface area contributed by atoms with Crippen LogP contribution in [0.4, 0.5) is 0 Å². The number of unbranched alkanes of at least 4 members (excludes halogenated alkanes) is 13. The summed E-state index contributed by atoms with van der Waals surface area (Å²) in [6.07, 6.45) is 25.2. The largest absolute Gasteiger partial charge is 1.00 e. The second-order valence-electron chi connectivity index (χ2n) is 9.08. The molecule has 0 spiro atoms. The molecule has 2 heteroatoms. The van der Waals surface area contributed by atoms with Crippen LogP contribution in [0.5, 0.6) is 0 Å². The molecule has 1 heterocycles. The molecule has 0 radical (unpaired) electrons. The van der Waals surface area contributed by atoms with Crippen molar-refractivity contribution in [1.29, 1.82) is 0 Å². The highest BCUT2D eigenvalue weighted by Crippen LogP contribution is 2.20. The molecule has 0 bridgehead atoms. The average molecular weight is 457 g/mol. The van der Waals surface area contributed by atoms with E-state index in [1.807, 2.05) is 0 Å². The minimum atomic E-state index is 0. The molecule has 1 rings (SSSR count). The summed E-state index contributed by atoms with van der Waals surface area (Å²) in [5.41, 5.74) is 0. The molecular weight excluding hydrogens is 406 g/mol. The molecule has 0 aromatic rings. The molecule has 1 nitrogen and oxygen atoms in total. The summed E-state index contributed by atoms with van der Waals surface area (Å²) in [5.74, 6) is 7.11.